The summed E-state index contributed by atoms with van der Waals surface area (Å²) in [4.78, 5) is 0. The van der Waals surface area contributed by atoms with E-state index in [4.69, 9.17) is 6.42 Å². The molecule has 1 atom stereocenters. The SMILES string of the molecule is C#CC(C)(C)NC(C)C1CCCC1. The van der Waals surface area contributed by atoms with Gasteiger partial charge in [0, 0.05) is 6.04 Å². The minimum atomic E-state index is -0.151. The maximum absolute atomic E-state index is 5.44. The van der Waals surface area contributed by atoms with Gasteiger partial charge in [0.15, 0.2) is 0 Å². The zero-order chi connectivity index (χ0) is 9.90. The van der Waals surface area contributed by atoms with Gasteiger partial charge in [-0.15, -0.1) is 6.42 Å². The second-order valence-corrected chi connectivity index (χ2v) is 4.75. The molecule has 1 unspecified atom stereocenters. The Bertz CT molecular complexity index is 194. The van der Waals surface area contributed by atoms with Crippen molar-refractivity contribution in [1.29, 1.82) is 0 Å². The van der Waals surface area contributed by atoms with Gasteiger partial charge >= 0.3 is 0 Å². The fourth-order valence-corrected chi connectivity index (χ4v) is 2.19. The van der Waals surface area contributed by atoms with Crippen LogP contribution in [-0.2, 0) is 0 Å². The third kappa shape index (κ3) is 3.04. The van der Waals surface area contributed by atoms with E-state index in [1.807, 2.05) is 0 Å². The molecule has 1 N–H and O–H groups in total. The van der Waals surface area contributed by atoms with Gasteiger partial charge in [0.25, 0.3) is 0 Å². The minimum Gasteiger partial charge on any atom is -0.299 e. The van der Waals surface area contributed by atoms with Crippen LogP contribution in [0.4, 0.5) is 0 Å². The molecule has 74 valence electrons. The van der Waals surface area contributed by atoms with E-state index in [9.17, 15) is 0 Å². The fraction of sp³-hybridized carbons (Fsp3) is 0.833. The maximum Gasteiger partial charge on any atom is 0.0743 e. The van der Waals surface area contributed by atoms with E-state index in [0.717, 1.165) is 5.92 Å². The fourth-order valence-electron chi connectivity index (χ4n) is 2.19. The summed E-state index contributed by atoms with van der Waals surface area (Å²) in [5.41, 5.74) is -0.151. The third-order valence-electron chi connectivity index (χ3n) is 3.06. The normalized spacial score (nSPS) is 21.4. The average molecular weight is 179 g/mol. The van der Waals surface area contributed by atoms with Gasteiger partial charge in [-0.1, -0.05) is 18.8 Å². The van der Waals surface area contributed by atoms with E-state index in [1.165, 1.54) is 25.7 Å². The summed E-state index contributed by atoms with van der Waals surface area (Å²) in [7, 11) is 0. The molecule has 0 aromatic heterocycles. The van der Waals surface area contributed by atoms with Crippen LogP contribution in [0.2, 0.25) is 0 Å². The lowest BCUT2D eigenvalue weighted by atomic mass is 9.96. The molecule has 1 aliphatic rings. The van der Waals surface area contributed by atoms with Crippen molar-refractivity contribution in [3.05, 3.63) is 0 Å². The van der Waals surface area contributed by atoms with Crippen LogP contribution in [0.25, 0.3) is 0 Å². The molecule has 1 rings (SSSR count). The Balaban J connectivity index is 2.40. The van der Waals surface area contributed by atoms with E-state index in [-0.39, 0.29) is 5.54 Å². The maximum atomic E-state index is 5.44. The van der Waals surface area contributed by atoms with Crippen molar-refractivity contribution in [3.63, 3.8) is 0 Å². The third-order valence-corrected chi connectivity index (χ3v) is 3.06. The molecule has 0 heterocycles. The lowest BCUT2D eigenvalue weighted by molar-refractivity contribution is 0.325. The van der Waals surface area contributed by atoms with Gasteiger partial charge in [-0.3, -0.25) is 5.32 Å². The summed E-state index contributed by atoms with van der Waals surface area (Å²) in [5, 5.41) is 3.51. The van der Waals surface area contributed by atoms with Crippen LogP contribution < -0.4 is 5.32 Å². The van der Waals surface area contributed by atoms with Gasteiger partial charge < -0.3 is 0 Å². The molecule has 0 bridgehead atoms. The highest BCUT2D eigenvalue weighted by Gasteiger charge is 2.25. The minimum absolute atomic E-state index is 0.151. The first-order valence-electron chi connectivity index (χ1n) is 5.30. The monoisotopic (exact) mass is 179 g/mol. The molecule has 1 aliphatic carbocycles. The van der Waals surface area contributed by atoms with Crippen molar-refractivity contribution in [1.82, 2.24) is 5.32 Å². The van der Waals surface area contributed by atoms with Crippen molar-refractivity contribution in [2.75, 3.05) is 0 Å². The Hall–Kier alpha value is -0.480. The lowest BCUT2D eigenvalue weighted by Gasteiger charge is -2.28. The van der Waals surface area contributed by atoms with Crippen molar-refractivity contribution in [2.24, 2.45) is 5.92 Å². The van der Waals surface area contributed by atoms with Crippen molar-refractivity contribution in [3.8, 4) is 12.3 Å². The highest BCUT2D eigenvalue weighted by Crippen LogP contribution is 2.28. The molecular formula is C12H21N. The lowest BCUT2D eigenvalue weighted by Crippen LogP contribution is -2.46. The van der Waals surface area contributed by atoms with Gasteiger partial charge in [-0.25, -0.2) is 0 Å². The molecule has 0 spiro atoms. The Morgan fingerprint density at radius 1 is 1.38 bits per heavy atom. The van der Waals surface area contributed by atoms with Gasteiger partial charge in [-0.05, 0) is 39.5 Å². The van der Waals surface area contributed by atoms with Gasteiger partial charge in [0.05, 0.1) is 5.54 Å². The molecule has 13 heavy (non-hydrogen) atoms. The number of rotatable bonds is 3. The number of nitrogens with one attached hydrogen (secondary N) is 1. The first-order valence-corrected chi connectivity index (χ1v) is 5.30. The van der Waals surface area contributed by atoms with E-state index in [1.54, 1.807) is 0 Å². The molecule has 0 aromatic rings. The Morgan fingerprint density at radius 3 is 2.38 bits per heavy atom. The van der Waals surface area contributed by atoms with Crippen LogP contribution in [-0.4, -0.2) is 11.6 Å². The van der Waals surface area contributed by atoms with Crippen molar-refractivity contribution >= 4 is 0 Å². The number of terminal acetylenes is 1. The Labute approximate surface area is 82.3 Å². The second-order valence-electron chi connectivity index (χ2n) is 4.75. The zero-order valence-electron chi connectivity index (χ0n) is 9.06. The molecule has 1 fully saturated rings. The van der Waals surface area contributed by atoms with E-state index in [0.29, 0.717) is 6.04 Å². The van der Waals surface area contributed by atoms with E-state index >= 15 is 0 Å². The van der Waals surface area contributed by atoms with Gasteiger partial charge in [0.1, 0.15) is 0 Å². The van der Waals surface area contributed by atoms with Crippen LogP contribution in [0.5, 0.6) is 0 Å². The van der Waals surface area contributed by atoms with Gasteiger partial charge in [-0.2, -0.15) is 0 Å². The molecule has 1 nitrogen and oxygen atoms in total. The standard InChI is InChI=1S/C12H21N/c1-5-12(3,4)13-10(2)11-8-6-7-9-11/h1,10-11,13H,6-9H2,2-4H3. The molecule has 1 heteroatoms. The quantitative estimate of drug-likeness (QED) is 0.657. The predicted molar refractivity (Wildman–Crippen MR) is 57.5 cm³/mol. The molecule has 1 saturated carbocycles. The summed E-state index contributed by atoms with van der Waals surface area (Å²) >= 11 is 0. The number of hydrogen-bond acceptors (Lipinski definition) is 1. The highest BCUT2D eigenvalue weighted by atomic mass is 15.0. The Kier molecular flexibility index (Phi) is 3.39. The summed E-state index contributed by atoms with van der Waals surface area (Å²) < 4.78 is 0. The topological polar surface area (TPSA) is 12.0 Å². The smallest absolute Gasteiger partial charge is 0.0743 e. The van der Waals surface area contributed by atoms with Crippen LogP contribution >= 0.6 is 0 Å². The van der Waals surface area contributed by atoms with Crippen molar-refractivity contribution < 1.29 is 0 Å². The molecule has 0 aliphatic heterocycles. The van der Waals surface area contributed by atoms with Crippen LogP contribution in [0.3, 0.4) is 0 Å². The number of hydrogen-bond donors (Lipinski definition) is 1. The summed E-state index contributed by atoms with van der Waals surface area (Å²) in [6, 6.07) is 0.563. The van der Waals surface area contributed by atoms with E-state index < -0.39 is 0 Å². The summed E-state index contributed by atoms with van der Waals surface area (Å²) in [6.45, 7) is 6.39. The predicted octanol–water partition coefficient (Wildman–Crippen LogP) is 2.57. The summed E-state index contributed by atoms with van der Waals surface area (Å²) in [6.07, 6.45) is 11.0. The van der Waals surface area contributed by atoms with Crippen LogP contribution in [0, 0.1) is 18.3 Å². The molecule has 0 saturated heterocycles. The summed E-state index contributed by atoms with van der Waals surface area (Å²) in [5.74, 6) is 3.62. The van der Waals surface area contributed by atoms with E-state index in [2.05, 4.69) is 32.0 Å². The first kappa shape index (κ1) is 10.6. The Morgan fingerprint density at radius 2 is 1.92 bits per heavy atom. The molecular weight excluding hydrogens is 158 g/mol. The second kappa shape index (κ2) is 4.15. The average Bonchev–Trinajstić information content (AvgIpc) is 2.55. The largest absolute Gasteiger partial charge is 0.299 e. The van der Waals surface area contributed by atoms with Crippen molar-refractivity contribution in [2.45, 2.75) is 58.0 Å². The first-order chi connectivity index (χ1) is 6.05. The molecule has 0 radical (unpaired) electrons. The highest BCUT2D eigenvalue weighted by molar-refractivity contribution is 5.08. The zero-order valence-corrected chi connectivity index (χ0v) is 9.06. The molecule has 0 amide bonds. The molecule has 0 aromatic carbocycles. The van der Waals surface area contributed by atoms with Gasteiger partial charge in [0.2, 0.25) is 0 Å². The van der Waals surface area contributed by atoms with Crippen LogP contribution in [0.15, 0.2) is 0 Å². The van der Waals surface area contributed by atoms with Crippen LogP contribution in [0.1, 0.15) is 46.5 Å².